The van der Waals surface area contributed by atoms with Gasteiger partial charge in [0.15, 0.2) is 0 Å². The molecule has 0 aliphatic carbocycles. The Bertz CT molecular complexity index is 786. The van der Waals surface area contributed by atoms with Crippen LogP contribution in [-0.4, -0.2) is 38.2 Å². The van der Waals surface area contributed by atoms with Crippen molar-refractivity contribution in [2.24, 2.45) is 7.05 Å². The van der Waals surface area contributed by atoms with E-state index in [1.165, 1.54) is 11.3 Å². The van der Waals surface area contributed by atoms with Crippen molar-refractivity contribution in [3.05, 3.63) is 38.7 Å². The van der Waals surface area contributed by atoms with Crippen molar-refractivity contribution in [3.8, 4) is 0 Å². The maximum Gasteiger partial charge on any atom is 0.451 e. The minimum absolute atomic E-state index is 0.0981. The minimum Gasteiger partial charge on any atom is -0.338 e. The molecule has 1 fully saturated rings. The van der Waals surface area contributed by atoms with Gasteiger partial charge >= 0.3 is 11.9 Å². The smallest absolute Gasteiger partial charge is 0.338 e. The van der Waals surface area contributed by atoms with Gasteiger partial charge in [0.1, 0.15) is 0 Å². The lowest BCUT2D eigenvalue weighted by Gasteiger charge is -2.31. The van der Waals surface area contributed by atoms with Crippen LogP contribution in [0.3, 0.4) is 0 Å². The van der Waals surface area contributed by atoms with Crippen LogP contribution in [0.15, 0.2) is 21.6 Å². The summed E-state index contributed by atoms with van der Waals surface area (Å²) >= 11 is 1.43. The van der Waals surface area contributed by atoms with Crippen LogP contribution in [0.4, 0.5) is 13.2 Å². The van der Waals surface area contributed by atoms with E-state index >= 15 is 0 Å². The van der Waals surface area contributed by atoms with Gasteiger partial charge in [0, 0.05) is 25.5 Å². The summed E-state index contributed by atoms with van der Waals surface area (Å²) in [5.74, 6) is -1.30. The van der Waals surface area contributed by atoms with E-state index in [1.807, 2.05) is 5.38 Å². The lowest BCUT2D eigenvalue weighted by molar-refractivity contribution is -0.147. The third kappa shape index (κ3) is 2.97. The van der Waals surface area contributed by atoms with Gasteiger partial charge in [-0.2, -0.15) is 24.5 Å². The largest absolute Gasteiger partial charge is 0.451 e. The van der Waals surface area contributed by atoms with Crippen molar-refractivity contribution in [1.29, 1.82) is 0 Å². The van der Waals surface area contributed by atoms with E-state index in [4.69, 9.17) is 0 Å². The molecule has 0 aromatic carbocycles. The van der Waals surface area contributed by atoms with E-state index in [-0.39, 0.29) is 5.91 Å². The number of amides is 1. The first-order valence-corrected chi connectivity index (χ1v) is 8.27. The normalized spacial score (nSPS) is 16.6. The fourth-order valence-electron chi connectivity index (χ4n) is 2.82. The summed E-state index contributed by atoms with van der Waals surface area (Å²) in [5.41, 5.74) is -0.183. The third-order valence-corrected chi connectivity index (χ3v) is 4.81. The predicted octanol–water partition coefficient (Wildman–Crippen LogP) is 2.14. The number of rotatable bonds is 2. The molecule has 1 aliphatic rings. The number of likely N-dealkylation sites (tertiary alicyclic amines) is 1. The number of halogens is 3. The van der Waals surface area contributed by atoms with Crippen molar-refractivity contribution in [1.82, 2.24) is 19.2 Å². The monoisotopic (exact) mass is 360 g/mol. The van der Waals surface area contributed by atoms with Gasteiger partial charge in [-0.25, -0.2) is 9.48 Å². The number of nitrogens with zero attached hydrogens (tertiary/aromatic N) is 4. The van der Waals surface area contributed by atoms with Crippen molar-refractivity contribution >= 4 is 17.2 Å². The van der Waals surface area contributed by atoms with E-state index in [0.717, 1.165) is 11.7 Å². The van der Waals surface area contributed by atoms with Gasteiger partial charge in [-0.1, -0.05) is 0 Å². The SMILES string of the molecule is Cn1c(C(F)(F)F)nn(C2CCN(C(=O)c3ccsc3)CC2)c1=O. The highest BCUT2D eigenvalue weighted by molar-refractivity contribution is 7.08. The quantitative estimate of drug-likeness (QED) is 0.824. The molecule has 0 spiro atoms. The fraction of sp³-hybridized carbons (Fsp3) is 0.500. The number of hydrogen-bond acceptors (Lipinski definition) is 4. The van der Waals surface area contributed by atoms with Crippen molar-refractivity contribution in [2.45, 2.75) is 25.1 Å². The highest BCUT2D eigenvalue weighted by Crippen LogP contribution is 2.28. The molecule has 3 heterocycles. The summed E-state index contributed by atoms with van der Waals surface area (Å²) in [6.07, 6.45) is -3.89. The first kappa shape index (κ1) is 16.7. The molecule has 3 rings (SSSR count). The van der Waals surface area contributed by atoms with Gasteiger partial charge in [-0.15, -0.1) is 5.10 Å². The molecule has 0 radical (unpaired) electrons. The zero-order chi connectivity index (χ0) is 17.5. The van der Waals surface area contributed by atoms with E-state index in [1.54, 1.807) is 16.3 Å². The molecule has 0 atom stereocenters. The molecule has 0 saturated carbocycles. The van der Waals surface area contributed by atoms with E-state index < -0.39 is 23.7 Å². The number of alkyl halides is 3. The number of hydrogen-bond donors (Lipinski definition) is 0. The summed E-state index contributed by atoms with van der Waals surface area (Å²) in [7, 11) is 1.06. The zero-order valence-electron chi connectivity index (χ0n) is 12.8. The van der Waals surface area contributed by atoms with Crippen LogP contribution >= 0.6 is 11.3 Å². The maximum atomic E-state index is 12.8. The molecular weight excluding hydrogens is 345 g/mol. The van der Waals surface area contributed by atoms with Crippen LogP contribution in [0.1, 0.15) is 35.1 Å². The van der Waals surface area contributed by atoms with Crippen LogP contribution in [0.5, 0.6) is 0 Å². The number of aromatic nitrogens is 3. The molecule has 10 heteroatoms. The average molecular weight is 360 g/mol. The lowest BCUT2D eigenvalue weighted by Crippen LogP contribution is -2.41. The molecule has 0 bridgehead atoms. The third-order valence-electron chi connectivity index (χ3n) is 4.12. The molecule has 24 heavy (non-hydrogen) atoms. The Morgan fingerprint density at radius 3 is 2.50 bits per heavy atom. The van der Waals surface area contributed by atoms with Crippen LogP contribution in [0.25, 0.3) is 0 Å². The Hall–Kier alpha value is -2.10. The number of carbonyl (C=O) groups is 1. The Morgan fingerprint density at radius 1 is 1.33 bits per heavy atom. The fourth-order valence-corrected chi connectivity index (χ4v) is 3.45. The number of thiophene rings is 1. The van der Waals surface area contributed by atoms with Crippen LogP contribution in [0, 0.1) is 0 Å². The van der Waals surface area contributed by atoms with Crippen molar-refractivity contribution < 1.29 is 18.0 Å². The number of piperidine rings is 1. The highest BCUT2D eigenvalue weighted by atomic mass is 32.1. The second-order valence-electron chi connectivity index (χ2n) is 5.64. The topological polar surface area (TPSA) is 60.1 Å². The van der Waals surface area contributed by atoms with Crippen LogP contribution in [-0.2, 0) is 13.2 Å². The van der Waals surface area contributed by atoms with Gasteiger partial charge in [0.05, 0.1) is 11.6 Å². The van der Waals surface area contributed by atoms with Gasteiger partial charge in [-0.3, -0.25) is 9.36 Å². The lowest BCUT2D eigenvalue weighted by atomic mass is 10.0. The summed E-state index contributed by atoms with van der Waals surface area (Å²) in [5, 5.41) is 7.03. The van der Waals surface area contributed by atoms with E-state index in [9.17, 15) is 22.8 Å². The Morgan fingerprint density at radius 2 is 2.00 bits per heavy atom. The van der Waals surface area contributed by atoms with E-state index in [2.05, 4.69) is 5.10 Å². The Balaban J connectivity index is 1.74. The Labute approximate surface area is 139 Å². The summed E-state index contributed by atoms with van der Waals surface area (Å²) in [4.78, 5) is 25.9. The molecule has 130 valence electrons. The van der Waals surface area contributed by atoms with Gasteiger partial charge in [0.25, 0.3) is 5.91 Å². The van der Waals surface area contributed by atoms with Gasteiger partial charge < -0.3 is 4.90 Å². The van der Waals surface area contributed by atoms with Gasteiger partial charge in [-0.05, 0) is 24.3 Å². The van der Waals surface area contributed by atoms with Gasteiger partial charge in [0.2, 0.25) is 5.82 Å². The van der Waals surface area contributed by atoms with Crippen LogP contribution < -0.4 is 5.69 Å². The molecule has 1 saturated heterocycles. The van der Waals surface area contributed by atoms with Crippen LogP contribution in [0.2, 0.25) is 0 Å². The second kappa shape index (κ2) is 6.08. The first-order valence-electron chi connectivity index (χ1n) is 7.33. The predicted molar refractivity (Wildman–Crippen MR) is 81.0 cm³/mol. The van der Waals surface area contributed by atoms with E-state index in [0.29, 0.717) is 36.1 Å². The van der Waals surface area contributed by atoms with Crippen molar-refractivity contribution in [3.63, 3.8) is 0 Å². The highest BCUT2D eigenvalue weighted by Gasteiger charge is 2.39. The summed E-state index contributed by atoms with van der Waals surface area (Å²) in [6.45, 7) is 0.757. The molecular formula is C14H15F3N4O2S. The maximum absolute atomic E-state index is 12.8. The Kier molecular flexibility index (Phi) is 4.24. The molecule has 0 unspecified atom stereocenters. The molecule has 6 nitrogen and oxygen atoms in total. The summed E-state index contributed by atoms with van der Waals surface area (Å²) < 4.78 is 40.0. The van der Waals surface area contributed by atoms with Crippen molar-refractivity contribution in [2.75, 3.05) is 13.1 Å². The standard InChI is InChI=1S/C14H15F3N4O2S/c1-19-12(14(15,16)17)18-21(13(19)23)10-2-5-20(6-3-10)11(22)9-4-7-24-8-9/h4,7-8,10H,2-3,5-6H2,1H3. The molecule has 1 amide bonds. The molecule has 1 aliphatic heterocycles. The summed E-state index contributed by atoms with van der Waals surface area (Å²) in [6, 6.07) is 1.30. The number of carbonyl (C=O) groups excluding carboxylic acids is 1. The molecule has 2 aromatic rings. The first-order chi connectivity index (χ1) is 11.3. The molecule has 0 N–H and O–H groups in total. The second-order valence-corrected chi connectivity index (χ2v) is 6.42. The molecule has 2 aromatic heterocycles. The average Bonchev–Trinajstić information content (AvgIpc) is 3.16. The zero-order valence-corrected chi connectivity index (χ0v) is 13.6. The minimum atomic E-state index is -4.67.